The highest BCUT2D eigenvalue weighted by molar-refractivity contribution is 5.85. The fourth-order valence-corrected chi connectivity index (χ4v) is 3.28. The zero-order valence-electron chi connectivity index (χ0n) is 12.4. The first-order chi connectivity index (χ1) is 9.76. The third-order valence-corrected chi connectivity index (χ3v) is 4.43. The lowest BCUT2D eigenvalue weighted by Crippen LogP contribution is -2.55. The lowest BCUT2D eigenvalue weighted by Gasteiger charge is -2.32. The van der Waals surface area contributed by atoms with Gasteiger partial charge in [-0.1, -0.05) is 6.92 Å². The van der Waals surface area contributed by atoms with Gasteiger partial charge in [-0.25, -0.2) is 0 Å². The summed E-state index contributed by atoms with van der Waals surface area (Å²) >= 11 is 0. The first kappa shape index (κ1) is 16.5. The van der Waals surface area contributed by atoms with Gasteiger partial charge in [0.1, 0.15) is 0 Å². The molecule has 0 spiro atoms. The van der Waals surface area contributed by atoms with E-state index in [9.17, 15) is 18.0 Å². The number of hydrogen-bond acceptors (Lipinski definition) is 3. The quantitative estimate of drug-likeness (QED) is 0.754. The van der Waals surface area contributed by atoms with Crippen molar-refractivity contribution >= 4 is 5.91 Å². The minimum atomic E-state index is -4.21. The van der Waals surface area contributed by atoms with E-state index in [0.29, 0.717) is 38.3 Å². The molecular formula is C14H24F3N3O. The van der Waals surface area contributed by atoms with Crippen molar-refractivity contribution in [3.63, 3.8) is 0 Å². The molecule has 2 atom stereocenters. The van der Waals surface area contributed by atoms with Gasteiger partial charge in [-0.2, -0.15) is 13.2 Å². The Kier molecular flexibility index (Phi) is 4.82. The summed E-state index contributed by atoms with van der Waals surface area (Å²) < 4.78 is 38.1. The molecule has 2 fully saturated rings. The smallest absolute Gasteiger partial charge is 0.368 e. The molecule has 3 N–H and O–H groups in total. The second kappa shape index (κ2) is 6.12. The summed E-state index contributed by atoms with van der Waals surface area (Å²) in [6.07, 6.45) is -0.0274. The minimum Gasteiger partial charge on any atom is -0.368 e. The van der Waals surface area contributed by atoms with Crippen LogP contribution in [0.3, 0.4) is 0 Å². The second-order valence-corrected chi connectivity index (χ2v) is 6.35. The first-order valence-corrected chi connectivity index (χ1v) is 7.64. The van der Waals surface area contributed by atoms with Crippen LogP contribution in [-0.4, -0.2) is 47.7 Å². The fourth-order valence-electron chi connectivity index (χ4n) is 3.28. The Bertz CT molecular complexity index is 384. The van der Waals surface area contributed by atoms with Crippen LogP contribution in [0.2, 0.25) is 0 Å². The van der Waals surface area contributed by atoms with E-state index in [1.807, 2.05) is 6.92 Å². The third-order valence-electron chi connectivity index (χ3n) is 4.43. The number of nitrogens with two attached hydrogens (primary N) is 1. The lowest BCUT2D eigenvalue weighted by molar-refractivity contribution is -0.151. The number of primary amides is 1. The monoisotopic (exact) mass is 307 g/mol. The van der Waals surface area contributed by atoms with Crippen molar-refractivity contribution in [2.24, 2.45) is 5.73 Å². The molecule has 1 amide bonds. The molecule has 0 heterocycles. The predicted octanol–water partition coefficient (Wildman–Crippen LogP) is 1.79. The van der Waals surface area contributed by atoms with Crippen LogP contribution in [0.5, 0.6) is 0 Å². The maximum atomic E-state index is 12.7. The normalized spacial score (nSPS) is 30.0. The molecule has 0 saturated heterocycles. The van der Waals surface area contributed by atoms with Crippen LogP contribution in [0.25, 0.3) is 0 Å². The Hall–Kier alpha value is -0.820. The van der Waals surface area contributed by atoms with E-state index < -0.39 is 24.2 Å². The van der Waals surface area contributed by atoms with Crippen molar-refractivity contribution in [3.05, 3.63) is 0 Å². The number of rotatable bonds is 7. The maximum Gasteiger partial charge on any atom is 0.401 e. The second-order valence-electron chi connectivity index (χ2n) is 6.35. The SMILES string of the molecule is CCCN(CC(F)(F)F)C1CCC(NC2CC2)(C(N)=O)C1. The van der Waals surface area contributed by atoms with Gasteiger partial charge in [0, 0.05) is 12.1 Å². The van der Waals surface area contributed by atoms with Gasteiger partial charge >= 0.3 is 6.18 Å². The standard InChI is InChI=1S/C14H24F3N3O/c1-2-7-20(9-14(15,16)17)11-5-6-13(8-11,12(18)21)19-10-3-4-10/h10-11,19H,2-9H2,1H3,(H2,18,21). The summed E-state index contributed by atoms with van der Waals surface area (Å²) in [5.74, 6) is -0.430. The highest BCUT2D eigenvalue weighted by atomic mass is 19.4. The molecule has 0 bridgehead atoms. The number of amides is 1. The molecule has 0 aromatic rings. The Morgan fingerprint density at radius 1 is 1.38 bits per heavy atom. The molecule has 2 rings (SSSR count). The van der Waals surface area contributed by atoms with Crippen molar-refractivity contribution in [2.75, 3.05) is 13.1 Å². The average molecular weight is 307 g/mol. The number of nitrogens with zero attached hydrogens (tertiary/aromatic N) is 1. The topological polar surface area (TPSA) is 58.4 Å². The maximum absolute atomic E-state index is 12.7. The first-order valence-electron chi connectivity index (χ1n) is 7.64. The van der Waals surface area contributed by atoms with E-state index in [-0.39, 0.29) is 6.04 Å². The zero-order valence-corrected chi connectivity index (χ0v) is 12.4. The minimum absolute atomic E-state index is 0.231. The summed E-state index contributed by atoms with van der Waals surface area (Å²) in [5.41, 5.74) is 4.71. The van der Waals surface area contributed by atoms with Gasteiger partial charge in [0.25, 0.3) is 0 Å². The Morgan fingerprint density at radius 3 is 2.52 bits per heavy atom. The Balaban J connectivity index is 2.04. The van der Waals surface area contributed by atoms with E-state index in [1.54, 1.807) is 0 Å². The van der Waals surface area contributed by atoms with Gasteiger partial charge in [-0.05, 0) is 45.1 Å². The summed E-state index contributed by atoms with van der Waals surface area (Å²) in [6.45, 7) is 1.34. The molecule has 122 valence electrons. The molecule has 0 radical (unpaired) electrons. The summed E-state index contributed by atoms with van der Waals surface area (Å²) in [6, 6.07) is 0.0730. The van der Waals surface area contributed by atoms with Gasteiger partial charge in [0.15, 0.2) is 0 Å². The van der Waals surface area contributed by atoms with Crippen molar-refractivity contribution in [1.29, 1.82) is 0 Å². The highest BCUT2D eigenvalue weighted by Crippen LogP contribution is 2.37. The molecule has 2 unspecified atom stereocenters. The number of halogens is 3. The number of hydrogen-bond donors (Lipinski definition) is 2. The number of alkyl halides is 3. The van der Waals surface area contributed by atoms with Crippen LogP contribution < -0.4 is 11.1 Å². The van der Waals surface area contributed by atoms with Crippen molar-refractivity contribution in [3.8, 4) is 0 Å². The Labute approximate surface area is 123 Å². The molecule has 2 saturated carbocycles. The molecule has 4 nitrogen and oxygen atoms in total. The van der Waals surface area contributed by atoms with Crippen LogP contribution in [0.1, 0.15) is 45.4 Å². The largest absolute Gasteiger partial charge is 0.401 e. The Morgan fingerprint density at radius 2 is 2.05 bits per heavy atom. The number of nitrogens with one attached hydrogen (secondary N) is 1. The zero-order chi connectivity index (χ0) is 15.7. The van der Waals surface area contributed by atoms with Crippen molar-refractivity contribution < 1.29 is 18.0 Å². The molecule has 0 aromatic heterocycles. The van der Waals surface area contributed by atoms with Gasteiger partial charge in [0.2, 0.25) is 5.91 Å². The molecule has 7 heteroatoms. The highest BCUT2D eigenvalue weighted by Gasteiger charge is 2.49. The van der Waals surface area contributed by atoms with Gasteiger partial charge < -0.3 is 11.1 Å². The van der Waals surface area contributed by atoms with Gasteiger partial charge in [0.05, 0.1) is 12.1 Å². The molecule has 21 heavy (non-hydrogen) atoms. The molecule has 2 aliphatic rings. The van der Waals surface area contributed by atoms with Crippen LogP contribution in [0.15, 0.2) is 0 Å². The lowest BCUT2D eigenvalue weighted by atomic mass is 9.96. The van der Waals surface area contributed by atoms with E-state index in [1.165, 1.54) is 4.90 Å². The van der Waals surface area contributed by atoms with Crippen molar-refractivity contribution in [2.45, 2.75) is 69.2 Å². The molecule has 2 aliphatic carbocycles. The number of carbonyl (C=O) groups excluding carboxylic acids is 1. The van der Waals surface area contributed by atoms with Crippen LogP contribution in [-0.2, 0) is 4.79 Å². The van der Waals surface area contributed by atoms with E-state index >= 15 is 0 Å². The van der Waals surface area contributed by atoms with Crippen LogP contribution >= 0.6 is 0 Å². The van der Waals surface area contributed by atoms with Crippen LogP contribution in [0.4, 0.5) is 13.2 Å². The van der Waals surface area contributed by atoms with Gasteiger partial charge in [-0.15, -0.1) is 0 Å². The van der Waals surface area contributed by atoms with Gasteiger partial charge in [-0.3, -0.25) is 9.69 Å². The number of carbonyl (C=O) groups is 1. The summed E-state index contributed by atoms with van der Waals surface area (Å²) in [7, 11) is 0. The van der Waals surface area contributed by atoms with Crippen LogP contribution in [0, 0.1) is 0 Å². The van der Waals surface area contributed by atoms with E-state index in [2.05, 4.69) is 5.32 Å². The van der Waals surface area contributed by atoms with E-state index in [4.69, 9.17) is 5.73 Å². The molecule has 0 aliphatic heterocycles. The molecular weight excluding hydrogens is 283 g/mol. The average Bonchev–Trinajstić information content (AvgIpc) is 3.04. The van der Waals surface area contributed by atoms with E-state index in [0.717, 1.165) is 12.8 Å². The van der Waals surface area contributed by atoms with Crippen molar-refractivity contribution in [1.82, 2.24) is 10.2 Å². The molecule has 0 aromatic carbocycles. The fraction of sp³-hybridized carbons (Fsp3) is 0.929. The summed E-state index contributed by atoms with van der Waals surface area (Å²) in [4.78, 5) is 13.3. The predicted molar refractivity (Wildman–Crippen MR) is 73.6 cm³/mol. The summed E-state index contributed by atoms with van der Waals surface area (Å²) in [5, 5.41) is 3.27. The third kappa shape index (κ3) is 4.32.